The maximum Gasteiger partial charge on any atom is 0.167 e. The van der Waals surface area contributed by atoms with Crippen LogP contribution in [0, 0.1) is 6.92 Å². The highest BCUT2D eigenvalue weighted by atomic mass is 16.5. The SMILES string of the molecule is [CH2]C(=O)c1ccccc1OCC. The van der Waals surface area contributed by atoms with Gasteiger partial charge in [0.05, 0.1) is 12.2 Å². The molecule has 0 aliphatic heterocycles. The van der Waals surface area contributed by atoms with Gasteiger partial charge in [0.2, 0.25) is 0 Å². The second-order valence-electron chi connectivity index (χ2n) is 2.35. The molecule has 0 spiro atoms. The molecule has 1 aromatic carbocycles. The van der Waals surface area contributed by atoms with Gasteiger partial charge in [-0.2, -0.15) is 0 Å². The first kappa shape index (κ1) is 8.78. The van der Waals surface area contributed by atoms with E-state index in [0.717, 1.165) is 0 Å². The van der Waals surface area contributed by atoms with E-state index in [1.54, 1.807) is 18.2 Å². The van der Waals surface area contributed by atoms with Crippen molar-refractivity contribution in [1.29, 1.82) is 0 Å². The van der Waals surface area contributed by atoms with Gasteiger partial charge in [0.25, 0.3) is 0 Å². The Labute approximate surface area is 72.2 Å². The summed E-state index contributed by atoms with van der Waals surface area (Å²) in [6.45, 7) is 5.77. The summed E-state index contributed by atoms with van der Waals surface area (Å²) in [5, 5.41) is 0. The Morgan fingerprint density at radius 1 is 1.50 bits per heavy atom. The van der Waals surface area contributed by atoms with Crippen LogP contribution in [0.3, 0.4) is 0 Å². The van der Waals surface area contributed by atoms with Crippen LogP contribution in [0.1, 0.15) is 17.3 Å². The van der Waals surface area contributed by atoms with Crippen LogP contribution in [-0.4, -0.2) is 12.4 Å². The second-order valence-corrected chi connectivity index (χ2v) is 2.35. The monoisotopic (exact) mass is 163 g/mol. The largest absolute Gasteiger partial charge is 0.493 e. The summed E-state index contributed by atoms with van der Waals surface area (Å²) in [4.78, 5) is 10.9. The Bertz CT molecular complexity index is 279. The molecule has 0 aliphatic rings. The average molecular weight is 163 g/mol. The number of para-hydroxylation sites is 1. The molecule has 0 N–H and O–H groups in total. The third-order valence-corrected chi connectivity index (χ3v) is 1.49. The Hall–Kier alpha value is -1.31. The molecule has 0 fully saturated rings. The minimum Gasteiger partial charge on any atom is -0.493 e. The summed E-state index contributed by atoms with van der Waals surface area (Å²) in [6.07, 6.45) is 0. The summed E-state index contributed by atoms with van der Waals surface area (Å²) in [5.41, 5.74) is 0.541. The van der Waals surface area contributed by atoms with Gasteiger partial charge in [0.15, 0.2) is 5.78 Å². The first-order chi connectivity index (χ1) is 5.75. The number of ether oxygens (including phenoxy) is 1. The van der Waals surface area contributed by atoms with Crippen molar-refractivity contribution < 1.29 is 9.53 Å². The van der Waals surface area contributed by atoms with E-state index in [4.69, 9.17) is 4.74 Å². The number of hydrogen-bond donors (Lipinski definition) is 0. The van der Waals surface area contributed by atoms with E-state index in [9.17, 15) is 4.79 Å². The zero-order chi connectivity index (χ0) is 8.97. The summed E-state index contributed by atoms with van der Waals surface area (Å²) in [5.74, 6) is 0.402. The number of carbonyl (C=O) groups excluding carboxylic acids is 1. The number of carbonyl (C=O) groups is 1. The molecule has 0 saturated carbocycles. The fourth-order valence-electron chi connectivity index (χ4n) is 0.978. The van der Waals surface area contributed by atoms with Crippen molar-refractivity contribution in [3.63, 3.8) is 0 Å². The first-order valence-corrected chi connectivity index (χ1v) is 3.83. The van der Waals surface area contributed by atoms with Crippen LogP contribution >= 0.6 is 0 Å². The van der Waals surface area contributed by atoms with Gasteiger partial charge >= 0.3 is 0 Å². The van der Waals surface area contributed by atoms with E-state index >= 15 is 0 Å². The Morgan fingerprint density at radius 3 is 2.75 bits per heavy atom. The third kappa shape index (κ3) is 1.84. The van der Waals surface area contributed by atoms with E-state index in [1.165, 1.54) is 0 Å². The maximum atomic E-state index is 10.9. The topological polar surface area (TPSA) is 26.3 Å². The zero-order valence-corrected chi connectivity index (χ0v) is 7.04. The van der Waals surface area contributed by atoms with Gasteiger partial charge in [-0.3, -0.25) is 4.79 Å². The van der Waals surface area contributed by atoms with Crippen LogP contribution < -0.4 is 4.74 Å². The molecule has 0 aliphatic carbocycles. The number of hydrogen-bond acceptors (Lipinski definition) is 2. The normalized spacial score (nSPS) is 9.50. The smallest absolute Gasteiger partial charge is 0.167 e. The molecule has 0 unspecified atom stereocenters. The molecule has 1 radical (unpaired) electrons. The van der Waals surface area contributed by atoms with E-state index in [0.29, 0.717) is 17.9 Å². The number of benzene rings is 1. The highest BCUT2D eigenvalue weighted by Gasteiger charge is 2.05. The predicted octanol–water partition coefficient (Wildman–Crippen LogP) is 2.10. The van der Waals surface area contributed by atoms with Crippen molar-refractivity contribution in [2.75, 3.05) is 6.61 Å². The van der Waals surface area contributed by atoms with E-state index < -0.39 is 0 Å². The third-order valence-electron chi connectivity index (χ3n) is 1.49. The lowest BCUT2D eigenvalue weighted by Gasteiger charge is -2.06. The molecule has 0 atom stereocenters. The predicted molar refractivity (Wildman–Crippen MR) is 47.3 cm³/mol. The van der Waals surface area contributed by atoms with Gasteiger partial charge in [-0.15, -0.1) is 0 Å². The van der Waals surface area contributed by atoms with Crippen molar-refractivity contribution in [3.8, 4) is 5.75 Å². The zero-order valence-electron chi connectivity index (χ0n) is 7.04. The molecule has 0 aromatic heterocycles. The van der Waals surface area contributed by atoms with E-state index in [-0.39, 0.29) is 5.78 Å². The number of Topliss-reactive ketones (excluding diaryl/α,β-unsaturated/α-hetero) is 1. The van der Waals surface area contributed by atoms with Crippen LogP contribution in [0.25, 0.3) is 0 Å². The molecule has 0 amide bonds. The summed E-state index contributed by atoms with van der Waals surface area (Å²) < 4.78 is 5.24. The molecular formula is C10H11O2. The molecule has 2 nitrogen and oxygen atoms in total. The van der Waals surface area contributed by atoms with Gasteiger partial charge in [-0.1, -0.05) is 12.1 Å². The summed E-state index contributed by atoms with van der Waals surface area (Å²) in [6, 6.07) is 7.10. The Kier molecular flexibility index (Phi) is 2.86. The van der Waals surface area contributed by atoms with E-state index in [1.807, 2.05) is 13.0 Å². The molecule has 63 valence electrons. The van der Waals surface area contributed by atoms with Crippen molar-refractivity contribution in [2.45, 2.75) is 6.92 Å². The molecule has 2 heteroatoms. The van der Waals surface area contributed by atoms with Gasteiger partial charge in [-0.05, 0) is 19.1 Å². The van der Waals surface area contributed by atoms with Crippen LogP contribution in [-0.2, 0) is 0 Å². The van der Waals surface area contributed by atoms with Crippen LogP contribution in [0.4, 0.5) is 0 Å². The number of ketones is 1. The lowest BCUT2D eigenvalue weighted by Crippen LogP contribution is -1.99. The molecule has 12 heavy (non-hydrogen) atoms. The lowest BCUT2D eigenvalue weighted by atomic mass is 10.1. The molecule has 1 aromatic rings. The van der Waals surface area contributed by atoms with Crippen molar-refractivity contribution in [3.05, 3.63) is 36.8 Å². The quantitative estimate of drug-likeness (QED) is 0.638. The van der Waals surface area contributed by atoms with E-state index in [2.05, 4.69) is 6.92 Å². The highest BCUT2D eigenvalue weighted by Crippen LogP contribution is 2.17. The minimum absolute atomic E-state index is 0.209. The van der Waals surface area contributed by atoms with Gasteiger partial charge in [0, 0.05) is 6.92 Å². The van der Waals surface area contributed by atoms with Gasteiger partial charge in [-0.25, -0.2) is 0 Å². The van der Waals surface area contributed by atoms with Crippen LogP contribution in [0.2, 0.25) is 0 Å². The van der Waals surface area contributed by atoms with Gasteiger partial charge in [0.1, 0.15) is 5.75 Å². The molecule has 0 bridgehead atoms. The molecule has 1 rings (SSSR count). The minimum atomic E-state index is -0.209. The summed E-state index contributed by atoms with van der Waals surface area (Å²) >= 11 is 0. The molecular weight excluding hydrogens is 152 g/mol. The molecule has 0 heterocycles. The summed E-state index contributed by atoms with van der Waals surface area (Å²) in [7, 11) is 0. The van der Waals surface area contributed by atoms with Crippen molar-refractivity contribution >= 4 is 5.78 Å². The maximum absolute atomic E-state index is 10.9. The van der Waals surface area contributed by atoms with Crippen LogP contribution in [0.15, 0.2) is 24.3 Å². The fourth-order valence-corrected chi connectivity index (χ4v) is 0.978. The highest BCUT2D eigenvalue weighted by molar-refractivity contribution is 6.01. The van der Waals surface area contributed by atoms with Gasteiger partial charge < -0.3 is 4.74 Å². The van der Waals surface area contributed by atoms with Crippen molar-refractivity contribution in [2.24, 2.45) is 0 Å². The first-order valence-electron chi connectivity index (χ1n) is 3.83. The number of rotatable bonds is 3. The average Bonchev–Trinajstić information content (AvgIpc) is 2.05. The molecule has 0 saturated heterocycles. The second kappa shape index (κ2) is 3.90. The fraction of sp³-hybridized carbons (Fsp3) is 0.200. The lowest BCUT2D eigenvalue weighted by molar-refractivity contribution is 0.104. The van der Waals surface area contributed by atoms with Crippen molar-refractivity contribution in [1.82, 2.24) is 0 Å². The Balaban J connectivity index is 3.00. The standard InChI is InChI=1S/C10H11O2/c1-3-12-10-7-5-4-6-9(10)8(2)11/h4-7H,2-3H2,1H3. The Morgan fingerprint density at radius 2 is 2.17 bits per heavy atom. The van der Waals surface area contributed by atoms with Crippen LogP contribution in [0.5, 0.6) is 5.75 Å².